The molecule has 1 N–H and O–H groups in total. The molecular formula is C19H25NO4S. The van der Waals surface area contributed by atoms with Gasteiger partial charge in [-0.25, -0.2) is 13.2 Å². The van der Waals surface area contributed by atoms with Crippen molar-refractivity contribution in [2.45, 2.75) is 51.2 Å². The largest absolute Gasteiger partial charge is 0.465 e. The molecule has 6 heteroatoms. The first-order chi connectivity index (χ1) is 11.6. The first-order valence-corrected chi connectivity index (χ1v) is 10.0. The second-order valence-corrected chi connectivity index (χ2v) is 10.3. The van der Waals surface area contributed by atoms with Crippen LogP contribution in [0.2, 0.25) is 0 Å². The maximum absolute atomic E-state index is 12.6. The molecule has 25 heavy (non-hydrogen) atoms. The number of carbonyl (C=O) groups excluding carboxylic acids is 1. The zero-order valence-electron chi connectivity index (χ0n) is 15.2. The summed E-state index contributed by atoms with van der Waals surface area (Å²) in [6.45, 7) is 5.11. The minimum Gasteiger partial charge on any atom is -0.465 e. The van der Waals surface area contributed by atoms with Crippen molar-refractivity contribution in [3.63, 3.8) is 0 Å². The summed E-state index contributed by atoms with van der Waals surface area (Å²) in [6.07, 6.45) is 3.34. The van der Waals surface area contributed by atoms with E-state index >= 15 is 0 Å². The number of hydrogen-bond acceptors (Lipinski definition) is 4. The Hall–Kier alpha value is -1.82. The lowest BCUT2D eigenvalue weighted by molar-refractivity contribution is 0.0600. The van der Waals surface area contributed by atoms with Crippen molar-refractivity contribution < 1.29 is 17.9 Å². The standard InChI is InChI=1S/C19H25NO4S/c1-19(2,3)25(22,23)20-17-13-6-7-14(17)10-16-11-15(18(21)24-4)8-5-12(16)9-13/h5,8,11,13,20H,6-7,9-10H2,1-4H3/t13-/m0/s1. The third kappa shape index (κ3) is 3.32. The van der Waals surface area contributed by atoms with Gasteiger partial charge in [-0.15, -0.1) is 0 Å². The molecule has 3 rings (SSSR count). The monoisotopic (exact) mass is 363 g/mol. The lowest BCUT2D eigenvalue weighted by atomic mass is 9.91. The van der Waals surface area contributed by atoms with Crippen molar-refractivity contribution in [3.8, 4) is 0 Å². The van der Waals surface area contributed by atoms with Gasteiger partial charge in [0.15, 0.2) is 0 Å². The first kappa shape index (κ1) is 18.0. The van der Waals surface area contributed by atoms with Crippen molar-refractivity contribution in [1.82, 2.24) is 4.72 Å². The molecule has 0 radical (unpaired) electrons. The molecule has 2 bridgehead atoms. The van der Waals surface area contributed by atoms with Gasteiger partial charge < -0.3 is 4.74 Å². The molecule has 0 saturated carbocycles. The molecule has 2 aliphatic carbocycles. The van der Waals surface area contributed by atoms with Crippen LogP contribution in [0, 0.1) is 5.92 Å². The maximum atomic E-state index is 12.6. The van der Waals surface area contributed by atoms with Crippen LogP contribution in [0.5, 0.6) is 0 Å². The van der Waals surface area contributed by atoms with Gasteiger partial charge in [-0.2, -0.15) is 0 Å². The molecule has 0 saturated heterocycles. The van der Waals surface area contributed by atoms with Gasteiger partial charge in [0.05, 0.1) is 17.4 Å². The number of carbonyl (C=O) groups is 1. The number of ether oxygens (including phenoxy) is 1. The maximum Gasteiger partial charge on any atom is 0.337 e. The molecule has 0 unspecified atom stereocenters. The Labute approximate surface area is 149 Å². The number of fused-ring (bicyclic) bond motifs is 2. The SMILES string of the molecule is COC(=O)c1ccc2c(c1)CC1=C(NS(=O)(=O)C(C)(C)C)[C@@H](CC1)C2. The summed E-state index contributed by atoms with van der Waals surface area (Å²) in [4.78, 5) is 11.8. The highest BCUT2D eigenvalue weighted by molar-refractivity contribution is 7.90. The predicted octanol–water partition coefficient (Wildman–Crippen LogP) is 2.95. The number of sulfonamides is 1. The quantitative estimate of drug-likeness (QED) is 0.838. The molecule has 0 spiro atoms. The fourth-order valence-electron chi connectivity index (χ4n) is 3.49. The molecule has 1 aromatic carbocycles. The Bertz CT molecular complexity index is 847. The van der Waals surface area contributed by atoms with Crippen LogP contribution in [0.1, 0.15) is 55.1 Å². The molecule has 1 atom stereocenters. The third-order valence-corrected chi connectivity index (χ3v) is 7.23. The van der Waals surface area contributed by atoms with E-state index in [-0.39, 0.29) is 11.9 Å². The molecule has 0 fully saturated rings. The molecule has 136 valence electrons. The highest BCUT2D eigenvalue weighted by atomic mass is 32.2. The molecule has 0 aliphatic heterocycles. The number of allylic oxidation sites excluding steroid dienone is 2. The Morgan fingerprint density at radius 2 is 1.96 bits per heavy atom. The number of benzene rings is 1. The fourth-order valence-corrected chi connectivity index (χ4v) is 4.39. The zero-order chi connectivity index (χ0) is 18.4. The van der Waals surface area contributed by atoms with E-state index in [0.717, 1.165) is 36.1 Å². The summed E-state index contributed by atoms with van der Waals surface area (Å²) in [6, 6.07) is 5.64. The fraction of sp³-hybridized carbons (Fsp3) is 0.526. The van der Waals surface area contributed by atoms with Crippen molar-refractivity contribution in [2.75, 3.05) is 7.11 Å². The molecule has 0 aromatic heterocycles. The predicted molar refractivity (Wildman–Crippen MR) is 96.7 cm³/mol. The Kier molecular flexibility index (Phi) is 4.43. The van der Waals surface area contributed by atoms with E-state index in [1.807, 2.05) is 12.1 Å². The smallest absolute Gasteiger partial charge is 0.337 e. The second kappa shape index (κ2) is 6.16. The summed E-state index contributed by atoms with van der Waals surface area (Å²) in [5, 5.41) is 0. The van der Waals surface area contributed by atoms with Gasteiger partial charge in [-0.05, 0) is 75.3 Å². The normalized spacial score (nSPS) is 20.1. The van der Waals surface area contributed by atoms with E-state index < -0.39 is 14.8 Å². The summed E-state index contributed by atoms with van der Waals surface area (Å²) >= 11 is 0. The number of esters is 1. The van der Waals surface area contributed by atoms with Gasteiger partial charge >= 0.3 is 5.97 Å². The molecule has 0 amide bonds. The lowest BCUT2D eigenvalue weighted by Gasteiger charge is -2.24. The van der Waals surface area contributed by atoms with Crippen LogP contribution in [0.3, 0.4) is 0 Å². The lowest BCUT2D eigenvalue weighted by Crippen LogP contribution is -2.40. The van der Waals surface area contributed by atoms with Crippen LogP contribution < -0.4 is 4.72 Å². The minimum absolute atomic E-state index is 0.192. The Morgan fingerprint density at radius 1 is 1.24 bits per heavy atom. The van der Waals surface area contributed by atoms with Crippen molar-refractivity contribution in [2.24, 2.45) is 5.92 Å². The highest BCUT2D eigenvalue weighted by Gasteiger charge is 2.36. The number of rotatable bonds is 3. The summed E-state index contributed by atoms with van der Waals surface area (Å²) in [5.41, 5.74) is 4.81. The Morgan fingerprint density at radius 3 is 2.60 bits per heavy atom. The van der Waals surface area contributed by atoms with Gasteiger partial charge in [0.25, 0.3) is 0 Å². The number of hydrogen-bond donors (Lipinski definition) is 1. The zero-order valence-corrected chi connectivity index (χ0v) is 16.0. The van der Waals surface area contributed by atoms with E-state index in [1.54, 1.807) is 26.8 Å². The number of nitrogens with one attached hydrogen (secondary N) is 1. The first-order valence-electron chi connectivity index (χ1n) is 8.57. The van der Waals surface area contributed by atoms with Crippen LogP contribution in [-0.2, 0) is 27.6 Å². The van der Waals surface area contributed by atoms with Crippen molar-refractivity contribution in [3.05, 3.63) is 46.2 Å². The van der Waals surface area contributed by atoms with E-state index in [9.17, 15) is 13.2 Å². The van der Waals surface area contributed by atoms with Crippen LogP contribution >= 0.6 is 0 Å². The van der Waals surface area contributed by atoms with Gasteiger partial charge in [-0.1, -0.05) is 6.07 Å². The molecule has 5 nitrogen and oxygen atoms in total. The van der Waals surface area contributed by atoms with Crippen LogP contribution in [0.25, 0.3) is 0 Å². The van der Waals surface area contributed by atoms with E-state index in [2.05, 4.69) is 4.72 Å². The number of methoxy groups -OCH3 is 1. The van der Waals surface area contributed by atoms with Gasteiger partial charge in [0.2, 0.25) is 10.0 Å². The molecular weight excluding hydrogens is 338 g/mol. The summed E-state index contributed by atoms with van der Waals surface area (Å²) < 4.78 is 32.0. The van der Waals surface area contributed by atoms with Gasteiger partial charge in [0, 0.05) is 11.6 Å². The Balaban J connectivity index is 1.95. The molecule has 1 aromatic rings. The molecule has 2 aliphatic rings. The minimum atomic E-state index is -3.43. The van der Waals surface area contributed by atoms with E-state index in [1.165, 1.54) is 12.7 Å². The van der Waals surface area contributed by atoms with Gasteiger partial charge in [0.1, 0.15) is 0 Å². The van der Waals surface area contributed by atoms with Crippen molar-refractivity contribution in [1.29, 1.82) is 0 Å². The topological polar surface area (TPSA) is 72.5 Å². The average molecular weight is 363 g/mol. The molecule has 0 heterocycles. The van der Waals surface area contributed by atoms with Crippen molar-refractivity contribution >= 4 is 16.0 Å². The average Bonchev–Trinajstić information content (AvgIpc) is 2.79. The van der Waals surface area contributed by atoms with Gasteiger partial charge in [-0.3, -0.25) is 4.72 Å². The second-order valence-electron chi connectivity index (χ2n) is 7.83. The highest BCUT2D eigenvalue weighted by Crippen LogP contribution is 2.40. The summed E-state index contributed by atoms with van der Waals surface area (Å²) in [7, 11) is -2.06. The van der Waals surface area contributed by atoms with E-state index in [4.69, 9.17) is 4.74 Å². The van der Waals surface area contributed by atoms with Crippen LogP contribution in [0.4, 0.5) is 0 Å². The summed E-state index contributed by atoms with van der Waals surface area (Å²) in [5.74, 6) is -0.155. The van der Waals surface area contributed by atoms with E-state index in [0.29, 0.717) is 12.0 Å². The third-order valence-electron chi connectivity index (χ3n) is 5.13. The van der Waals surface area contributed by atoms with Crippen LogP contribution in [-0.4, -0.2) is 26.2 Å². The van der Waals surface area contributed by atoms with Crippen LogP contribution in [0.15, 0.2) is 29.5 Å².